The summed E-state index contributed by atoms with van der Waals surface area (Å²) in [6.45, 7) is 5.55. The largest absolute Gasteiger partial charge is 0.497 e. The van der Waals surface area contributed by atoms with Gasteiger partial charge in [0.1, 0.15) is 5.75 Å². The molecule has 1 aliphatic rings. The molecule has 1 amide bonds. The van der Waals surface area contributed by atoms with Crippen molar-refractivity contribution in [3.8, 4) is 5.75 Å². The minimum Gasteiger partial charge on any atom is -0.497 e. The predicted octanol–water partition coefficient (Wildman–Crippen LogP) is 7.29. The summed E-state index contributed by atoms with van der Waals surface area (Å²) in [5.74, 6) is 0.556. The number of piperidine rings is 1. The van der Waals surface area contributed by atoms with E-state index in [1.165, 1.54) is 0 Å². The third kappa shape index (κ3) is 7.22. The quantitative estimate of drug-likeness (QED) is 0.110. The third-order valence-corrected chi connectivity index (χ3v) is 14.7. The number of likely N-dealkylation sites (tertiary alicyclic amines) is 1. The molecule has 49 heavy (non-hydrogen) atoms. The number of carbonyl (C=O) groups is 1. The fourth-order valence-electron chi connectivity index (χ4n) is 6.85. The van der Waals surface area contributed by atoms with Crippen molar-refractivity contribution in [2.24, 2.45) is 0 Å². The van der Waals surface area contributed by atoms with E-state index >= 15 is 9.36 Å². The Labute approximate surface area is 291 Å². The molecule has 0 aliphatic carbocycles. The van der Waals surface area contributed by atoms with Gasteiger partial charge in [-0.05, 0) is 85.1 Å². The number of methoxy groups -OCH3 is 1. The summed E-state index contributed by atoms with van der Waals surface area (Å²) in [5, 5.41) is 6.06. The number of amides is 1. The second-order valence-electron chi connectivity index (χ2n) is 13.0. The van der Waals surface area contributed by atoms with Crippen molar-refractivity contribution in [1.82, 2.24) is 9.99 Å². The highest BCUT2D eigenvalue weighted by Gasteiger charge is 2.56. The molecule has 1 fully saturated rings. The van der Waals surface area contributed by atoms with Crippen LogP contribution >= 0.6 is 7.29 Å². The van der Waals surface area contributed by atoms with Gasteiger partial charge in [0.2, 0.25) is 15.6 Å². The van der Waals surface area contributed by atoms with Crippen molar-refractivity contribution < 1.29 is 18.5 Å². The molecule has 0 spiro atoms. The molecule has 5 aromatic rings. The Morgan fingerprint density at radius 2 is 1.20 bits per heavy atom. The molecule has 6 nitrogen and oxygen atoms in total. The lowest BCUT2D eigenvalue weighted by molar-refractivity contribution is -0.154. The fraction of sp³-hybridized carbons (Fsp3) is 0.244. The van der Waals surface area contributed by atoms with E-state index in [0.29, 0.717) is 35.0 Å². The highest BCUT2D eigenvalue weighted by Crippen LogP contribution is 2.50. The first-order chi connectivity index (χ1) is 23.8. The Morgan fingerprint density at radius 3 is 1.71 bits per heavy atom. The van der Waals surface area contributed by atoms with Gasteiger partial charge >= 0.3 is 0 Å². The fourth-order valence-corrected chi connectivity index (χ4v) is 11.6. The lowest BCUT2D eigenvalue weighted by Crippen LogP contribution is -2.62. The first-order valence-corrected chi connectivity index (χ1v) is 21.6. The van der Waals surface area contributed by atoms with Gasteiger partial charge in [0.15, 0.2) is 5.60 Å². The highest BCUT2D eigenvalue weighted by atomic mass is 31.2. The maximum absolute atomic E-state index is 15.9. The Balaban J connectivity index is 1.67. The van der Waals surface area contributed by atoms with Gasteiger partial charge in [0.25, 0.3) is 5.91 Å². The Hall–Kier alpha value is -4.26. The van der Waals surface area contributed by atoms with Crippen molar-refractivity contribution in [1.29, 1.82) is 0 Å². The van der Waals surface area contributed by atoms with Crippen molar-refractivity contribution in [3.05, 3.63) is 157 Å². The summed E-state index contributed by atoms with van der Waals surface area (Å²) in [7, 11) is -4.85. The standard InChI is InChI=1S/C41H45N2O4PSi/c1-46-35-29-27-33(28-30-35)39(42-48(45,36-21-11-5-12-22-36)37-23-13-6-14-24-37)41(34-19-9-4-10-20-34,40(44)43-31-17-8-18-32-43)47-49(2,3)38-25-15-7-16-26-38/h4-7,9-16,19-30,39H,8,17-18,31-32H2,1-3H3,(H,42,45). The molecular weight excluding hydrogens is 644 g/mol. The van der Waals surface area contributed by atoms with E-state index in [2.05, 4.69) is 30.3 Å². The summed E-state index contributed by atoms with van der Waals surface area (Å²) in [6, 6.07) is 45.9. The first-order valence-electron chi connectivity index (χ1n) is 17.0. The van der Waals surface area contributed by atoms with Crippen LogP contribution in [-0.2, 0) is 19.4 Å². The average Bonchev–Trinajstić information content (AvgIpc) is 3.17. The van der Waals surface area contributed by atoms with E-state index in [9.17, 15) is 0 Å². The smallest absolute Gasteiger partial charge is 0.260 e. The average molecular weight is 689 g/mol. The Morgan fingerprint density at radius 1 is 0.714 bits per heavy atom. The van der Waals surface area contributed by atoms with Crippen molar-refractivity contribution in [2.45, 2.75) is 44.0 Å². The molecule has 6 rings (SSSR count). The maximum Gasteiger partial charge on any atom is 0.260 e. The predicted molar refractivity (Wildman–Crippen MR) is 202 cm³/mol. The van der Waals surface area contributed by atoms with Crippen LogP contribution in [0.4, 0.5) is 0 Å². The van der Waals surface area contributed by atoms with E-state index in [0.717, 1.165) is 30.0 Å². The molecule has 0 bridgehead atoms. The lowest BCUT2D eigenvalue weighted by atomic mass is 9.81. The van der Waals surface area contributed by atoms with Crippen LogP contribution in [0.1, 0.15) is 36.4 Å². The zero-order valence-corrected chi connectivity index (χ0v) is 30.4. The van der Waals surface area contributed by atoms with Crippen LogP contribution in [0.5, 0.6) is 5.75 Å². The topological polar surface area (TPSA) is 67.9 Å². The van der Waals surface area contributed by atoms with Gasteiger partial charge in [-0.2, -0.15) is 0 Å². The zero-order chi connectivity index (χ0) is 34.3. The minimum absolute atomic E-state index is 0.129. The van der Waals surface area contributed by atoms with Gasteiger partial charge < -0.3 is 14.1 Å². The summed E-state index contributed by atoms with van der Waals surface area (Å²) >= 11 is 0. The molecule has 252 valence electrons. The molecule has 1 N–H and O–H groups in total. The molecular formula is C41H45N2O4PSi. The number of hydrogen-bond donors (Lipinski definition) is 1. The van der Waals surface area contributed by atoms with E-state index in [4.69, 9.17) is 9.16 Å². The second-order valence-corrected chi connectivity index (χ2v) is 19.4. The SMILES string of the molecule is COc1ccc(C(NP(=O)(c2ccccc2)c2ccccc2)C(O[Si](C)(C)c2ccccc2)(C(=O)N2CCCCC2)c2ccccc2)cc1. The molecule has 0 radical (unpaired) electrons. The number of nitrogens with one attached hydrogen (secondary N) is 1. The first kappa shape index (κ1) is 34.6. The summed E-state index contributed by atoms with van der Waals surface area (Å²) in [4.78, 5) is 17.7. The minimum atomic E-state index is -3.62. The van der Waals surface area contributed by atoms with Gasteiger partial charge in [0.05, 0.1) is 13.2 Å². The molecule has 0 aromatic heterocycles. The van der Waals surface area contributed by atoms with E-state index in [1.807, 2.05) is 138 Å². The van der Waals surface area contributed by atoms with Crippen LogP contribution in [0.25, 0.3) is 0 Å². The van der Waals surface area contributed by atoms with Crippen LogP contribution in [0.3, 0.4) is 0 Å². The second kappa shape index (κ2) is 15.1. The number of rotatable bonds is 12. The summed E-state index contributed by atoms with van der Waals surface area (Å²) < 4.78 is 29.1. The number of nitrogens with zero attached hydrogens (tertiary/aromatic N) is 1. The number of ether oxygens (including phenoxy) is 1. The maximum atomic E-state index is 15.9. The van der Waals surface area contributed by atoms with E-state index in [-0.39, 0.29) is 5.91 Å². The van der Waals surface area contributed by atoms with Crippen molar-refractivity contribution in [2.75, 3.05) is 20.2 Å². The zero-order valence-electron chi connectivity index (χ0n) is 28.5. The van der Waals surface area contributed by atoms with Gasteiger partial charge in [-0.25, -0.2) is 5.09 Å². The Kier molecular flexibility index (Phi) is 10.7. The van der Waals surface area contributed by atoms with E-state index < -0.39 is 27.3 Å². The molecule has 1 aliphatic heterocycles. The summed E-state index contributed by atoms with van der Waals surface area (Å²) in [6.07, 6.45) is 2.91. The van der Waals surface area contributed by atoms with Gasteiger partial charge in [-0.15, -0.1) is 0 Å². The number of carbonyl (C=O) groups excluding carboxylic acids is 1. The Bertz CT molecular complexity index is 1810. The lowest BCUT2D eigenvalue weighted by Gasteiger charge is -2.48. The van der Waals surface area contributed by atoms with Gasteiger partial charge in [0, 0.05) is 23.7 Å². The van der Waals surface area contributed by atoms with Crippen molar-refractivity contribution in [3.63, 3.8) is 0 Å². The van der Waals surface area contributed by atoms with Gasteiger partial charge in [-0.3, -0.25) is 9.36 Å². The highest BCUT2D eigenvalue weighted by molar-refractivity contribution is 7.76. The number of hydrogen-bond acceptors (Lipinski definition) is 4. The molecule has 2 unspecified atom stereocenters. The van der Waals surface area contributed by atoms with E-state index in [1.54, 1.807) is 7.11 Å². The van der Waals surface area contributed by atoms with Gasteiger partial charge in [-0.1, -0.05) is 109 Å². The van der Waals surface area contributed by atoms with Crippen LogP contribution < -0.4 is 25.6 Å². The van der Waals surface area contributed by atoms with Crippen LogP contribution in [-0.4, -0.2) is 39.3 Å². The van der Waals surface area contributed by atoms with Crippen LogP contribution in [0, 0.1) is 0 Å². The number of benzene rings is 5. The molecule has 2 atom stereocenters. The molecule has 1 saturated heterocycles. The summed E-state index contributed by atoms with van der Waals surface area (Å²) in [5.41, 5.74) is -0.124. The monoisotopic (exact) mass is 688 g/mol. The van der Waals surface area contributed by atoms with Crippen molar-refractivity contribution >= 4 is 37.3 Å². The molecule has 8 heteroatoms. The molecule has 5 aromatic carbocycles. The third-order valence-electron chi connectivity index (χ3n) is 9.45. The molecule has 1 heterocycles. The van der Waals surface area contributed by atoms with Crippen LogP contribution in [0.15, 0.2) is 146 Å². The van der Waals surface area contributed by atoms with Crippen LogP contribution in [0.2, 0.25) is 13.1 Å². The molecule has 0 saturated carbocycles. The normalized spacial score (nSPS) is 15.6.